The van der Waals surface area contributed by atoms with Crippen LogP contribution in [0, 0.1) is 0 Å². The third-order valence-corrected chi connectivity index (χ3v) is 5.73. The van der Waals surface area contributed by atoms with E-state index >= 15 is 0 Å². The van der Waals surface area contributed by atoms with Gasteiger partial charge < -0.3 is 45.1 Å². The molecule has 0 spiro atoms. The molecular weight excluding hydrogens is 570 g/mol. The van der Waals surface area contributed by atoms with E-state index in [-0.39, 0.29) is 0 Å². The van der Waals surface area contributed by atoms with Crippen LogP contribution in [0.25, 0.3) is 0 Å². The summed E-state index contributed by atoms with van der Waals surface area (Å²) in [5, 5.41) is 10.2. The number of nitrogens with zero attached hydrogens (tertiary/aromatic N) is 1. The van der Waals surface area contributed by atoms with Gasteiger partial charge in [0.15, 0.2) is 18.4 Å². The molecule has 0 unspecified atom stereocenters. The van der Waals surface area contributed by atoms with Gasteiger partial charge in [0.2, 0.25) is 23.6 Å². The maximum absolute atomic E-state index is 13.2. The smallest absolute Gasteiger partial charge is 0.303 e. The van der Waals surface area contributed by atoms with Crippen LogP contribution in [0.4, 0.5) is 0 Å². The van der Waals surface area contributed by atoms with Gasteiger partial charge >= 0.3 is 17.9 Å². The van der Waals surface area contributed by atoms with E-state index in [0.717, 1.165) is 20.8 Å². The molecule has 0 saturated carbocycles. The molecular formula is C27H43N5O11. The van der Waals surface area contributed by atoms with Gasteiger partial charge in [-0.25, -0.2) is 0 Å². The Balaban J connectivity index is 3.32. The van der Waals surface area contributed by atoms with Crippen molar-refractivity contribution < 1.29 is 52.5 Å². The zero-order valence-electron chi connectivity index (χ0n) is 25.6. The fourth-order valence-electron chi connectivity index (χ4n) is 4.03. The molecule has 0 aromatic rings. The molecule has 0 bridgehead atoms. The van der Waals surface area contributed by atoms with Crippen molar-refractivity contribution in [2.45, 2.75) is 84.1 Å². The molecule has 6 atom stereocenters. The highest BCUT2D eigenvalue weighted by molar-refractivity contribution is 5.95. The van der Waals surface area contributed by atoms with Gasteiger partial charge in [-0.1, -0.05) is 13.0 Å². The molecule has 0 aliphatic carbocycles. The van der Waals surface area contributed by atoms with E-state index in [1.807, 2.05) is 25.9 Å². The van der Waals surface area contributed by atoms with Gasteiger partial charge in [0.1, 0.15) is 24.8 Å². The Morgan fingerprint density at radius 1 is 0.907 bits per heavy atom. The Morgan fingerprint density at radius 2 is 1.53 bits per heavy atom. The zero-order valence-corrected chi connectivity index (χ0v) is 25.6. The molecule has 1 aliphatic heterocycles. The van der Waals surface area contributed by atoms with Gasteiger partial charge in [0.25, 0.3) is 0 Å². The number of carbonyl (C=O) groups is 7. The lowest BCUT2D eigenvalue weighted by molar-refractivity contribution is -0.228. The summed E-state index contributed by atoms with van der Waals surface area (Å²) in [5.41, 5.74) is 0. The summed E-state index contributed by atoms with van der Waals surface area (Å²) in [5.74, 6) is -4.85. The molecule has 242 valence electrons. The quantitative estimate of drug-likeness (QED) is 0.0924. The lowest BCUT2D eigenvalue weighted by Crippen LogP contribution is -2.69. The third kappa shape index (κ3) is 14.1. The number of esters is 3. The molecule has 0 aromatic heterocycles. The number of carbonyl (C=O) groups excluding carboxylic acids is 7. The summed E-state index contributed by atoms with van der Waals surface area (Å²) < 4.78 is 21.7. The van der Waals surface area contributed by atoms with E-state index in [4.69, 9.17) is 18.9 Å². The lowest BCUT2D eigenvalue weighted by Gasteiger charge is -2.45. The third-order valence-electron chi connectivity index (χ3n) is 5.73. The summed E-state index contributed by atoms with van der Waals surface area (Å²) in [6, 6.07) is -2.56. The zero-order chi connectivity index (χ0) is 32.7. The number of hydrogen-bond donors (Lipinski definition) is 4. The van der Waals surface area contributed by atoms with Crippen molar-refractivity contribution in [3.8, 4) is 0 Å². The lowest BCUT2D eigenvalue weighted by atomic mass is 9.94. The van der Waals surface area contributed by atoms with Gasteiger partial charge in [0.05, 0.1) is 6.42 Å². The second-order valence-corrected chi connectivity index (χ2v) is 10.1. The first-order valence-corrected chi connectivity index (χ1v) is 13.7. The highest BCUT2D eigenvalue weighted by Crippen LogP contribution is 2.26. The normalized spacial score (nSPS) is 22.2. The Bertz CT molecular complexity index is 1050. The Hall–Kier alpha value is -4.05. The highest BCUT2D eigenvalue weighted by Gasteiger charge is 2.51. The topological polar surface area (TPSA) is 208 Å². The van der Waals surface area contributed by atoms with Crippen LogP contribution in [-0.4, -0.2) is 117 Å². The van der Waals surface area contributed by atoms with E-state index < -0.39 is 91.2 Å². The van der Waals surface area contributed by atoms with Crippen molar-refractivity contribution in [2.75, 3.05) is 33.8 Å². The second-order valence-electron chi connectivity index (χ2n) is 10.1. The summed E-state index contributed by atoms with van der Waals surface area (Å²) >= 11 is 0. The molecule has 43 heavy (non-hydrogen) atoms. The molecule has 16 heteroatoms. The van der Waals surface area contributed by atoms with Crippen LogP contribution in [-0.2, 0) is 52.5 Å². The summed E-state index contributed by atoms with van der Waals surface area (Å²) in [6.07, 6.45) is -2.46. The first-order valence-electron chi connectivity index (χ1n) is 13.7. The second kappa shape index (κ2) is 18.5. The number of amides is 4. The van der Waals surface area contributed by atoms with E-state index in [9.17, 15) is 33.6 Å². The van der Waals surface area contributed by atoms with E-state index in [1.165, 1.54) is 13.0 Å². The van der Waals surface area contributed by atoms with Gasteiger partial charge in [0, 0.05) is 46.9 Å². The van der Waals surface area contributed by atoms with Crippen LogP contribution in [0.2, 0.25) is 0 Å². The monoisotopic (exact) mass is 613 g/mol. The van der Waals surface area contributed by atoms with Crippen LogP contribution >= 0.6 is 0 Å². The predicted molar refractivity (Wildman–Crippen MR) is 150 cm³/mol. The number of ether oxygens (including phenoxy) is 4. The van der Waals surface area contributed by atoms with Crippen molar-refractivity contribution in [1.82, 2.24) is 26.2 Å². The Kier molecular flexibility index (Phi) is 15.9. The molecule has 1 saturated heterocycles. The van der Waals surface area contributed by atoms with E-state index in [0.29, 0.717) is 19.5 Å². The summed E-state index contributed by atoms with van der Waals surface area (Å²) in [6.45, 7) is 6.65. The minimum Gasteiger partial charge on any atom is -0.463 e. The molecule has 1 rings (SSSR count). The molecule has 0 aromatic carbocycles. The van der Waals surface area contributed by atoms with E-state index in [2.05, 4.69) is 21.3 Å². The van der Waals surface area contributed by atoms with Crippen LogP contribution in [0.5, 0.6) is 0 Å². The fraction of sp³-hybridized carbons (Fsp3) is 0.667. The molecule has 1 aliphatic rings. The molecule has 0 radical (unpaired) electrons. The van der Waals surface area contributed by atoms with Crippen molar-refractivity contribution in [1.29, 1.82) is 0 Å². The summed E-state index contributed by atoms with van der Waals surface area (Å²) in [7, 11) is 3.62. The molecule has 4 N–H and O–H groups in total. The van der Waals surface area contributed by atoms with Crippen molar-refractivity contribution in [2.24, 2.45) is 0 Å². The van der Waals surface area contributed by atoms with Crippen molar-refractivity contribution >= 4 is 41.5 Å². The number of likely N-dealkylation sites (N-methyl/N-ethyl adjacent to an activating group) is 1. The van der Waals surface area contributed by atoms with Gasteiger partial charge in [-0.15, -0.1) is 0 Å². The maximum atomic E-state index is 13.2. The molecule has 16 nitrogen and oxygen atoms in total. The minimum absolute atomic E-state index is 0.305. The standard InChI is InChI=1S/C27H43N5O11/c1-8-11-28-26(39)19(30-21(37)10-9-12-32(6)7)13-22(38)31-27-23(29-15(2)33)25(42-18(5)36)24(41-17(4)35)20(43-27)14-40-16(3)34/h9-10,19-20,23-25,27H,8,11-14H2,1-7H3,(H,28,39)(H,29,33)(H,30,37)(H,31,38)/b10-9+/t19-,20+,23+,24+,25+,27+/m0/s1. The molecule has 1 heterocycles. The largest absolute Gasteiger partial charge is 0.463 e. The average Bonchev–Trinajstić information content (AvgIpc) is 2.88. The number of nitrogens with one attached hydrogen (secondary N) is 4. The van der Waals surface area contributed by atoms with Crippen LogP contribution < -0.4 is 21.3 Å². The SMILES string of the molecule is CCCNC(=O)[C@H](CC(=O)N[C@@H]1O[C@H](COC(C)=O)[C@@H](OC(C)=O)[C@H](OC(C)=O)[C@H]1NC(C)=O)NC(=O)/C=C/CN(C)C. The molecule has 4 amide bonds. The fourth-order valence-corrected chi connectivity index (χ4v) is 4.03. The Labute approximate surface area is 250 Å². The van der Waals surface area contributed by atoms with E-state index in [1.54, 1.807) is 6.08 Å². The van der Waals surface area contributed by atoms with Crippen LogP contribution in [0.1, 0.15) is 47.5 Å². The predicted octanol–water partition coefficient (Wildman–Crippen LogP) is -1.72. The van der Waals surface area contributed by atoms with Crippen molar-refractivity contribution in [3.63, 3.8) is 0 Å². The van der Waals surface area contributed by atoms with Gasteiger partial charge in [-0.3, -0.25) is 33.6 Å². The first kappa shape index (κ1) is 37.0. The average molecular weight is 614 g/mol. The minimum atomic E-state index is -1.41. The highest BCUT2D eigenvalue weighted by atomic mass is 16.6. The van der Waals surface area contributed by atoms with Gasteiger partial charge in [-0.05, 0) is 20.5 Å². The number of hydrogen-bond acceptors (Lipinski definition) is 12. The van der Waals surface area contributed by atoms with Crippen LogP contribution in [0.15, 0.2) is 12.2 Å². The van der Waals surface area contributed by atoms with Crippen molar-refractivity contribution in [3.05, 3.63) is 12.2 Å². The first-order chi connectivity index (χ1) is 20.1. The van der Waals surface area contributed by atoms with Gasteiger partial charge in [-0.2, -0.15) is 0 Å². The maximum Gasteiger partial charge on any atom is 0.303 e. The van der Waals surface area contributed by atoms with Crippen LogP contribution in [0.3, 0.4) is 0 Å². The number of rotatable bonds is 15. The Morgan fingerprint density at radius 3 is 2.07 bits per heavy atom. The summed E-state index contributed by atoms with van der Waals surface area (Å²) in [4.78, 5) is 87.9. The molecule has 1 fully saturated rings.